The van der Waals surface area contributed by atoms with E-state index in [1.807, 2.05) is 0 Å². The summed E-state index contributed by atoms with van der Waals surface area (Å²) < 4.78 is 5.65. The van der Waals surface area contributed by atoms with E-state index in [4.69, 9.17) is 4.74 Å². The van der Waals surface area contributed by atoms with Gasteiger partial charge in [0.2, 0.25) is 11.8 Å². The first-order chi connectivity index (χ1) is 8.04. The standard InChI is InChI=1S/C12H20N2O3/c1-7-5-9(6-8(2)17-7)13-10-3-4-11(15)14-12(10)16/h7-10,13H,3-6H2,1-2H3,(H,14,15,16). The third-order valence-corrected chi connectivity index (χ3v) is 3.37. The second kappa shape index (κ2) is 5.14. The third kappa shape index (κ3) is 3.26. The first-order valence-corrected chi connectivity index (χ1v) is 6.30. The van der Waals surface area contributed by atoms with Crippen LogP contribution in [0.1, 0.15) is 39.5 Å². The number of amides is 2. The zero-order chi connectivity index (χ0) is 12.4. The Balaban J connectivity index is 1.87. The van der Waals surface area contributed by atoms with Gasteiger partial charge in [0.15, 0.2) is 0 Å². The average molecular weight is 240 g/mol. The molecule has 5 heteroatoms. The molecule has 0 aromatic rings. The minimum absolute atomic E-state index is 0.165. The first-order valence-electron chi connectivity index (χ1n) is 6.30. The molecule has 2 rings (SSSR count). The molecular weight excluding hydrogens is 220 g/mol. The SMILES string of the molecule is CC1CC(NC2CCC(=O)NC2=O)CC(C)O1. The van der Waals surface area contributed by atoms with Gasteiger partial charge in [0.25, 0.3) is 0 Å². The Morgan fingerprint density at radius 1 is 1.24 bits per heavy atom. The summed E-state index contributed by atoms with van der Waals surface area (Å²) in [5, 5.41) is 5.71. The summed E-state index contributed by atoms with van der Waals surface area (Å²) >= 11 is 0. The van der Waals surface area contributed by atoms with Crippen LogP contribution in [0, 0.1) is 0 Å². The molecule has 0 aliphatic carbocycles. The number of hydrogen-bond acceptors (Lipinski definition) is 4. The predicted octanol–water partition coefficient (Wildman–Crippen LogP) is 0.337. The Kier molecular flexibility index (Phi) is 3.79. The van der Waals surface area contributed by atoms with Crippen molar-refractivity contribution in [1.82, 2.24) is 10.6 Å². The molecule has 17 heavy (non-hydrogen) atoms. The summed E-state index contributed by atoms with van der Waals surface area (Å²) in [5.41, 5.74) is 0. The van der Waals surface area contributed by atoms with Crippen LogP contribution < -0.4 is 10.6 Å². The predicted molar refractivity (Wildman–Crippen MR) is 62.3 cm³/mol. The largest absolute Gasteiger partial charge is 0.375 e. The van der Waals surface area contributed by atoms with Crippen molar-refractivity contribution in [2.45, 2.75) is 63.8 Å². The van der Waals surface area contributed by atoms with Crippen LogP contribution in [0.2, 0.25) is 0 Å². The zero-order valence-corrected chi connectivity index (χ0v) is 10.4. The summed E-state index contributed by atoms with van der Waals surface area (Å²) in [6.07, 6.45) is 3.32. The third-order valence-electron chi connectivity index (χ3n) is 3.37. The normalized spacial score (nSPS) is 38.9. The number of nitrogens with one attached hydrogen (secondary N) is 2. The topological polar surface area (TPSA) is 67.4 Å². The molecule has 3 atom stereocenters. The molecule has 0 saturated carbocycles. The second-order valence-electron chi connectivity index (χ2n) is 5.10. The van der Waals surface area contributed by atoms with Crippen molar-refractivity contribution in [1.29, 1.82) is 0 Å². The maximum atomic E-state index is 11.6. The Morgan fingerprint density at radius 3 is 2.47 bits per heavy atom. The number of rotatable bonds is 2. The van der Waals surface area contributed by atoms with Crippen molar-refractivity contribution in [3.05, 3.63) is 0 Å². The molecule has 0 aromatic heterocycles. The van der Waals surface area contributed by atoms with Crippen LogP contribution in [0.25, 0.3) is 0 Å². The Hall–Kier alpha value is -0.940. The molecular formula is C12H20N2O3. The van der Waals surface area contributed by atoms with Crippen molar-refractivity contribution in [3.8, 4) is 0 Å². The van der Waals surface area contributed by atoms with Gasteiger partial charge in [-0.1, -0.05) is 0 Å². The molecule has 96 valence electrons. The Bertz CT molecular complexity index is 309. The lowest BCUT2D eigenvalue weighted by Gasteiger charge is -2.35. The number of hydrogen-bond donors (Lipinski definition) is 2. The number of carbonyl (C=O) groups is 2. The van der Waals surface area contributed by atoms with Crippen molar-refractivity contribution >= 4 is 11.8 Å². The molecule has 0 spiro atoms. The fourth-order valence-electron chi connectivity index (χ4n) is 2.68. The van der Waals surface area contributed by atoms with Gasteiger partial charge in [0.1, 0.15) is 0 Å². The van der Waals surface area contributed by atoms with Gasteiger partial charge in [-0.25, -0.2) is 0 Å². The van der Waals surface area contributed by atoms with E-state index >= 15 is 0 Å². The lowest BCUT2D eigenvalue weighted by atomic mass is 9.97. The van der Waals surface area contributed by atoms with Gasteiger partial charge in [-0.3, -0.25) is 14.9 Å². The quantitative estimate of drug-likeness (QED) is 0.683. The highest BCUT2D eigenvalue weighted by molar-refractivity contribution is 6.00. The van der Waals surface area contributed by atoms with Gasteiger partial charge in [-0.2, -0.15) is 0 Å². The van der Waals surface area contributed by atoms with E-state index in [2.05, 4.69) is 24.5 Å². The van der Waals surface area contributed by atoms with Gasteiger partial charge >= 0.3 is 0 Å². The van der Waals surface area contributed by atoms with Crippen LogP contribution >= 0.6 is 0 Å². The lowest BCUT2D eigenvalue weighted by Crippen LogP contribution is -2.55. The maximum absolute atomic E-state index is 11.6. The van der Waals surface area contributed by atoms with E-state index < -0.39 is 0 Å². The molecule has 2 aliphatic rings. The van der Waals surface area contributed by atoms with E-state index in [0.29, 0.717) is 18.9 Å². The zero-order valence-electron chi connectivity index (χ0n) is 10.4. The van der Waals surface area contributed by atoms with Crippen LogP contribution in [0.5, 0.6) is 0 Å². The Labute approximate surface area is 101 Å². The molecule has 0 radical (unpaired) electrons. The van der Waals surface area contributed by atoms with Gasteiger partial charge < -0.3 is 10.1 Å². The van der Waals surface area contributed by atoms with Gasteiger partial charge in [0, 0.05) is 12.5 Å². The van der Waals surface area contributed by atoms with Crippen LogP contribution in [0.15, 0.2) is 0 Å². The lowest BCUT2D eigenvalue weighted by molar-refractivity contribution is -0.135. The average Bonchev–Trinajstić information content (AvgIpc) is 2.21. The van der Waals surface area contributed by atoms with Gasteiger partial charge in [-0.05, 0) is 33.1 Å². The minimum Gasteiger partial charge on any atom is -0.375 e. The van der Waals surface area contributed by atoms with E-state index in [0.717, 1.165) is 12.8 Å². The molecule has 2 aliphatic heterocycles. The number of piperidine rings is 1. The van der Waals surface area contributed by atoms with Crippen molar-refractivity contribution < 1.29 is 14.3 Å². The molecule has 2 fully saturated rings. The molecule has 0 aromatic carbocycles. The summed E-state index contributed by atoms with van der Waals surface area (Å²) in [4.78, 5) is 22.7. The number of imide groups is 1. The molecule has 5 nitrogen and oxygen atoms in total. The van der Waals surface area contributed by atoms with Crippen LogP contribution in [0.4, 0.5) is 0 Å². The summed E-state index contributed by atoms with van der Waals surface area (Å²) in [5.74, 6) is -0.352. The van der Waals surface area contributed by atoms with Gasteiger partial charge in [0.05, 0.1) is 18.2 Å². The van der Waals surface area contributed by atoms with E-state index in [-0.39, 0.29) is 30.1 Å². The fourth-order valence-corrected chi connectivity index (χ4v) is 2.68. The first kappa shape index (κ1) is 12.5. The van der Waals surface area contributed by atoms with E-state index in [9.17, 15) is 9.59 Å². The van der Waals surface area contributed by atoms with E-state index in [1.54, 1.807) is 0 Å². The fraction of sp³-hybridized carbons (Fsp3) is 0.833. The van der Waals surface area contributed by atoms with Crippen LogP contribution in [-0.2, 0) is 14.3 Å². The molecule has 0 bridgehead atoms. The van der Waals surface area contributed by atoms with Crippen molar-refractivity contribution in [2.75, 3.05) is 0 Å². The number of ether oxygens (including phenoxy) is 1. The molecule has 2 N–H and O–H groups in total. The van der Waals surface area contributed by atoms with Gasteiger partial charge in [-0.15, -0.1) is 0 Å². The summed E-state index contributed by atoms with van der Waals surface area (Å²) in [7, 11) is 0. The molecule has 2 saturated heterocycles. The highest BCUT2D eigenvalue weighted by Crippen LogP contribution is 2.20. The van der Waals surface area contributed by atoms with Crippen LogP contribution in [-0.4, -0.2) is 36.1 Å². The summed E-state index contributed by atoms with van der Waals surface area (Å²) in [6.45, 7) is 4.10. The number of carbonyl (C=O) groups excluding carboxylic acids is 2. The second-order valence-corrected chi connectivity index (χ2v) is 5.10. The smallest absolute Gasteiger partial charge is 0.243 e. The van der Waals surface area contributed by atoms with E-state index in [1.165, 1.54) is 0 Å². The molecule has 2 heterocycles. The highest BCUT2D eigenvalue weighted by atomic mass is 16.5. The minimum atomic E-state index is -0.227. The molecule has 2 amide bonds. The van der Waals surface area contributed by atoms with Crippen LogP contribution in [0.3, 0.4) is 0 Å². The Morgan fingerprint density at radius 2 is 1.88 bits per heavy atom. The monoisotopic (exact) mass is 240 g/mol. The van der Waals surface area contributed by atoms with Crippen molar-refractivity contribution in [3.63, 3.8) is 0 Å². The highest BCUT2D eigenvalue weighted by Gasteiger charge is 2.31. The maximum Gasteiger partial charge on any atom is 0.243 e. The molecule has 3 unspecified atom stereocenters. The van der Waals surface area contributed by atoms with Crippen molar-refractivity contribution in [2.24, 2.45) is 0 Å². The summed E-state index contributed by atoms with van der Waals surface area (Å²) in [6, 6.07) is 0.0768.